The van der Waals surface area contributed by atoms with Crippen LogP contribution in [0.15, 0.2) is 0 Å². The summed E-state index contributed by atoms with van der Waals surface area (Å²) in [5, 5.41) is 16.5. The van der Waals surface area contributed by atoms with E-state index in [1.54, 1.807) is 0 Å². The number of nitrogens with one attached hydrogen (secondary N) is 2. The molecule has 1 aromatic heterocycles. The van der Waals surface area contributed by atoms with E-state index in [1.807, 2.05) is 34.6 Å². The van der Waals surface area contributed by atoms with E-state index in [0.29, 0.717) is 13.0 Å². The Morgan fingerprint density at radius 3 is 2.16 bits per heavy atom. The van der Waals surface area contributed by atoms with Crippen LogP contribution in [0, 0.1) is 6.92 Å². The maximum atomic E-state index is 10.1. The number of rotatable bonds is 7. The van der Waals surface area contributed by atoms with Crippen LogP contribution >= 0.6 is 0 Å². The van der Waals surface area contributed by atoms with Crippen molar-refractivity contribution in [3.8, 4) is 0 Å². The Morgan fingerprint density at radius 1 is 1.11 bits per heavy atom. The molecule has 19 heavy (non-hydrogen) atoms. The molecular weight excluding hydrogens is 240 g/mol. The van der Waals surface area contributed by atoms with Gasteiger partial charge in [0, 0.05) is 25.1 Å². The topological polar surface area (TPSA) is 70.1 Å². The molecule has 0 amide bonds. The van der Waals surface area contributed by atoms with Crippen LogP contribution in [-0.2, 0) is 6.42 Å². The van der Waals surface area contributed by atoms with Crippen molar-refractivity contribution in [1.29, 1.82) is 0 Å². The minimum absolute atomic E-state index is 0.482. The minimum atomic E-state index is -0.720. The summed E-state index contributed by atoms with van der Waals surface area (Å²) in [5.74, 6) is 2.48. The van der Waals surface area contributed by atoms with Crippen molar-refractivity contribution in [2.75, 3.05) is 23.7 Å². The van der Waals surface area contributed by atoms with E-state index >= 15 is 0 Å². The fourth-order valence-electron chi connectivity index (χ4n) is 1.63. The molecule has 1 aromatic rings. The first kappa shape index (κ1) is 15.7. The van der Waals surface area contributed by atoms with Gasteiger partial charge in [-0.25, -0.2) is 9.97 Å². The summed E-state index contributed by atoms with van der Waals surface area (Å²) in [7, 11) is 0. The number of aromatic nitrogens is 2. The van der Waals surface area contributed by atoms with Crippen LogP contribution in [0.3, 0.4) is 0 Å². The van der Waals surface area contributed by atoms with Gasteiger partial charge in [0.15, 0.2) is 0 Å². The molecule has 108 valence electrons. The summed E-state index contributed by atoms with van der Waals surface area (Å²) in [6.07, 6.45) is 1.49. The number of hydrogen-bond donors (Lipinski definition) is 3. The Bertz CT molecular complexity index is 418. The lowest BCUT2D eigenvalue weighted by atomic mass is 10.0. The Hall–Kier alpha value is -1.36. The fourth-order valence-corrected chi connectivity index (χ4v) is 1.63. The third-order valence-corrected chi connectivity index (χ3v) is 3.25. The second-order valence-corrected chi connectivity index (χ2v) is 5.05. The molecule has 1 heterocycles. The van der Waals surface area contributed by atoms with Crippen LogP contribution in [0.2, 0.25) is 0 Å². The third-order valence-electron chi connectivity index (χ3n) is 3.25. The third kappa shape index (κ3) is 4.35. The van der Waals surface area contributed by atoms with Gasteiger partial charge in [0.25, 0.3) is 0 Å². The predicted octanol–water partition coefficient (Wildman–Crippen LogP) is 2.35. The Balaban J connectivity index is 2.95. The molecule has 0 saturated heterocycles. The van der Waals surface area contributed by atoms with Crippen LogP contribution in [-0.4, -0.2) is 33.8 Å². The SMILES string of the molecule is CCNc1nc(CC)nc(NCC(C)(O)CC)c1C. The van der Waals surface area contributed by atoms with Crippen molar-refractivity contribution < 1.29 is 5.11 Å². The molecule has 0 spiro atoms. The van der Waals surface area contributed by atoms with Crippen LogP contribution in [0.5, 0.6) is 0 Å². The lowest BCUT2D eigenvalue weighted by molar-refractivity contribution is 0.0696. The summed E-state index contributed by atoms with van der Waals surface area (Å²) in [6, 6.07) is 0. The highest BCUT2D eigenvalue weighted by Crippen LogP contribution is 2.21. The minimum Gasteiger partial charge on any atom is -0.388 e. The highest BCUT2D eigenvalue weighted by Gasteiger charge is 2.18. The van der Waals surface area contributed by atoms with Crippen molar-refractivity contribution >= 4 is 11.6 Å². The van der Waals surface area contributed by atoms with Gasteiger partial charge in [0.2, 0.25) is 0 Å². The maximum Gasteiger partial charge on any atom is 0.134 e. The Morgan fingerprint density at radius 2 is 1.68 bits per heavy atom. The van der Waals surface area contributed by atoms with Gasteiger partial charge in [-0.3, -0.25) is 0 Å². The largest absolute Gasteiger partial charge is 0.388 e. The highest BCUT2D eigenvalue weighted by molar-refractivity contribution is 5.57. The van der Waals surface area contributed by atoms with E-state index in [-0.39, 0.29) is 0 Å². The van der Waals surface area contributed by atoms with Crippen LogP contribution in [0.25, 0.3) is 0 Å². The van der Waals surface area contributed by atoms with Gasteiger partial charge in [0.05, 0.1) is 5.60 Å². The molecule has 1 atom stereocenters. The number of aryl methyl sites for hydroxylation is 1. The first-order chi connectivity index (χ1) is 8.93. The molecule has 0 fully saturated rings. The fraction of sp³-hybridized carbons (Fsp3) is 0.714. The first-order valence-electron chi connectivity index (χ1n) is 7.01. The maximum absolute atomic E-state index is 10.1. The van der Waals surface area contributed by atoms with Gasteiger partial charge in [-0.2, -0.15) is 0 Å². The van der Waals surface area contributed by atoms with Gasteiger partial charge in [-0.1, -0.05) is 13.8 Å². The molecule has 5 nitrogen and oxygen atoms in total. The van der Waals surface area contributed by atoms with E-state index in [9.17, 15) is 5.11 Å². The Labute approximate surface area is 115 Å². The molecule has 1 unspecified atom stereocenters. The van der Waals surface area contributed by atoms with Crippen molar-refractivity contribution in [2.45, 2.75) is 53.1 Å². The van der Waals surface area contributed by atoms with Gasteiger partial charge >= 0.3 is 0 Å². The molecule has 0 aromatic carbocycles. The van der Waals surface area contributed by atoms with Gasteiger partial charge in [-0.05, 0) is 27.2 Å². The standard InChI is InChI=1S/C14H26N4O/c1-6-11-17-12(15-8-3)10(4)13(18-11)16-9-14(5,19)7-2/h19H,6-9H2,1-5H3,(H2,15,16,17,18). The zero-order chi connectivity index (χ0) is 14.5. The highest BCUT2D eigenvalue weighted by atomic mass is 16.3. The van der Waals surface area contributed by atoms with Gasteiger partial charge in [-0.15, -0.1) is 0 Å². The van der Waals surface area contributed by atoms with Crippen molar-refractivity contribution in [2.24, 2.45) is 0 Å². The van der Waals surface area contributed by atoms with Gasteiger partial charge < -0.3 is 15.7 Å². The summed E-state index contributed by atoms with van der Waals surface area (Å²) in [5.41, 5.74) is 0.272. The van der Waals surface area contributed by atoms with Crippen molar-refractivity contribution in [3.63, 3.8) is 0 Å². The molecule has 0 aliphatic rings. The second-order valence-electron chi connectivity index (χ2n) is 5.05. The average Bonchev–Trinajstić information content (AvgIpc) is 2.40. The van der Waals surface area contributed by atoms with Gasteiger partial charge in [0.1, 0.15) is 17.5 Å². The van der Waals surface area contributed by atoms with E-state index in [0.717, 1.165) is 36.0 Å². The molecule has 0 aliphatic heterocycles. The predicted molar refractivity (Wildman–Crippen MR) is 79.7 cm³/mol. The first-order valence-corrected chi connectivity index (χ1v) is 7.01. The summed E-state index contributed by atoms with van der Waals surface area (Å²) >= 11 is 0. The lowest BCUT2D eigenvalue weighted by Gasteiger charge is -2.23. The number of aliphatic hydroxyl groups is 1. The molecule has 0 radical (unpaired) electrons. The Kier molecular flexibility index (Phi) is 5.54. The van der Waals surface area contributed by atoms with Crippen LogP contribution < -0.4 is 10.6 Å². The van der Waals surface area contributed by atoms with E-state index < -0.39 is 5.60 Å². The summed E-state index contributed by atoms with van der Waals surface area (Å²) in [4.78, 5) is 8.98. The van der Waals surface area contributed by atoms with Crippen molar-refractivity contribution in [3.05, 3.63) is 11.4 Å². The van der Waals surface area contributed by atoms with Crippen LogP contribution in [0.4, 0.5) is 11.6 Å². The number of nitrogens with zero attached hydrogens (tertiary/aromatic N) is 2. The smallest absolute Gasteiger partial charge is 0.134 e. The zero-order valence-corrected chi connectivity index (χ0v) is 12.7. The number of anilines is 2. The molecule has 1 rings (SSSR count). The lowest BCUT2D eigenvalue weighted by Crippen LogP contribution is -2.33. The van der Waals surface area contributed by atoms with E-state index in [2.05, 4.69) is 20.6 Å². The summed E-state index contributed by atoms with van der Waals surface area (Å²) in [6.45, 7) is 11.2. The molecule has 0 aliphatic carbocycles. The molecular formula is C14H26N4O. The molecule has 0 bridgehead atoms. The average molecular weight is 266 g/mol. The monoisotopic (exact) mass is 266 g/mol. The molecule has 3 N–H and O–H groups in total. The van der Waals surface area contributed by atoms with E-state index in [4.69, 9.17) is 0 Å². The molecule has 5 heteroatoms. The normalized spacial score (nSPS) is 14.0. The van der Waals surface area contributed by atoms with Crippen molar-refractivity contribution in [1.82, 2.24) is 9.97 Å². The quantitative estimate of drug-likeness (QED) is 0.706. The van der Waals surface area contributed by atoms with E-state index in [1.165, 1.54) is 0 Å². The zero-order valence-electron chi connectivity index (χ0n) is 12.7. The summed E-state index contributed by atoms with van der Waals surface area (Å²) < 4.78 is 0. The second kappa shape index (κ2) is 6.70. The molecule has 0 saturated carbocycles. The number of hydrogen-bond acceptors (Lipinski definition) is 5. The van der Waals surface area contributed by atoms with Crippen LogP contribution in [0.1, 0.15) is 45.5 Å².